The fourth-order valence-corrected chi connectivity index (χ4v) is 0.755. The van der Waals surface area contributed by atoms with E-state index < -0.39 is 11.9 Å². The molecule has 0 aliphatic heterocycles. The second-order valence-electron chi connectivity index (χ2n) is 2.19. The Morgan fingerprint density at radius 1 is 0.833 bits per heavy atom. The van der Waals surface area contributed by atoms with Crippen LogP contribution >= 0.6 is 0 Å². The summed E-state index contributed by atoms with van der Waals surface area (Å²) < 4.78 is 0. The van der Waals surface area contributed by atoms with Gasteiger partial charge in [-0.25, -0.2) is 9.59 Å². The Labute approximate surface area is 68.1 Å². The first-order valence-electron chi connectivity index (χ1n) is 3.18. The molecule has 0 aliphatic carbocycles. The Kier molecular flexibility index (Phi) is 2.09. The summed E-state index contributed by atoms with van der Waals surface area (Å²) >= 11 is 0. The topological polar surface area (TPSA) is 74.6 Å². The second-order valence-corrected chi connectivity index (χ2v) is 2.19. The van der Waals surface area contributed by atoms with Crippen LogP contribution in [0.1, 0.15) is 20.7 Å². The number of carboxylic acids is 2. The van der Waals surface area contributed by atoms with E-state index in [1.165, 1.54) is 24.3 Å². The molecule has 0 heterocycles. The van der Waals surface area contributed by atoms with Crippen molar-refractivity contribution in [3.8, 4) is 0 Å². The number of rotatable bonds is 2. The zero-order valence-electron chi connectivity index (χ0n) is 6.02. The third-order valence-electron chi connectivity index (χ3n) is 1.38. The van der Waals surface area contributed by atoms with Crippen LogP contribution in [0.4, 0.5) is 0 Å². The molecule has 0 unspecified atom stereocenters. The zero-order chi connectivity index (χ0) is 9.14. The van der Waals surface area contributed by atoms with Gasteiger partial charge < -0.3 is 10.2 Å². The van der Waals surface area contributed by atoms with E-state index in [9.17, 15) is 9.59 Å². The van der Waals surface area contributed by atoms with Crippen LogP contribution in [0.5, 0.6) is 0 Å². The number of benzene rings is 1. The lowest BCUT2D eigenvalue weighted by atomic mass is 11.1. The standard InChI is InChI=1S/C8H6O4/c9-7(10)5-1-2-6(4-3-5)8(11)12/h1-4H,(H,9,10)(H,11,12)/i1+1,2+1,3+1,4+1,5+1,6+1,7+1,8+1. The van der Waals surface area contributed by atoms with Crippen molar-refractivity contribution >= 4 is 11.9 Å². The molecule has 0 spiro atoms. The Balaban J connectivity index is 3.01. The molecule has 1 aromatic rings. The number of carbonyl (C=O) groups is 2. The number of hydrogen-bond acceptors (Lipinski definition) is 2. The maximum Gasteiger partial charge on any atom is 0.335 e. The lowest BCUT2D eigenvalue weighted by Gasteiger charge is -1.94. The molecule has 0 amide bonds. The molecule has 4 nitrogen and oxygen atoms in total. The van der Waals surface area contributed by atoms with Crippen LogP contribution < -0.4 is 0 Å². The predicted octanol–water partition coefficient (Wildman–Crippen LogP) is 1.08. The SMILES string of the molecule is O=[13C](O)[13c]1[13cH][13cH][13c]([13C](=O)O)[13cH][13cH]1. The number of hydrogen-bond donors (Lipinski definition) is 2. The Morgan fingerprint density at radius 2 is 1.08 bits per heavy atom. The first kappa shape index (κ1) is 8.26. The van der Waals surface area contributed by atoms with Gasteiger partial charge in [-0.1, -0.05) is 0 Å². The van der Waals surface area contributed by atoms with E-state index in [4.69, 9.17) is 10.2 Å². The average Bonchev–Trinajstić information content (AvgIpc) is 2.04. The van der Waals surface area contributed by atoms with Crippen LogP contribution in [-0.2, 0) is 0 Å². The first-order chi connectivity index (χ1) is 5.61. The van der Waals surface area contributed by atoms with Crippen molar-refractivity contribution in [1.82, 2.24) is 0 Å². The van der Waals surface area contributed by atoms with Gasteiger partial charge in [-0.3, -0.25) is 0 Å². The molecule has 0 saturated carbocycles. The van der Waals surface area contributed by atoms with Crippen molar-refractivity contribution in [2.24, 2.45) is 0 Å². The van der Waals surface area contributed by atoms with Gasteiger partial charge in [0.15, 0.2) is 0 Å². The van der Waals surface area contributed by atoms with Gasteiger partial charge >= 0.3 is 11.9 Å². The summed E-state index contributed by atoms with van der Waals surface area (Å²) in [6.07, 6.45) is 0. The second kappa shape index (κ2) is 3.04. The largest absolute Gasteiger partial charge is 0.478 e. The fourth-order valence-electron chi connectivity index (χ4n) is 0.755. The zero-order valence-corrected chi connectivity index (χ0v) is 6.02. The van der Waals surface area contributed by atoms with Crippen LogP contribution in [0.15, 0.2) is 24.3 Å². The van der Waals surface area contributed by atoms with Crippen molar-refractivity contribution in [2.75, 3.05) is 0 Å². The highest BCUT2D eigenvalue weighted by Crippen LogP contribution is 2.03. The van der Waals surface area contributed by atoms with Crippen molar-refractivity contribution in [3.05, 3.63) is 35.4 Å². The highest BCUT2D eigenvalue weighted by Gasteiger charge is 2.04. The third-order valence-corrected chi connectivity index (χ3v) is 1.38. The predicted molar refractivity (Wildman–Crippen MR) is 40.4 cm³/mol. The molecular formula is C8H6O4. The summed E-state index contributed by atoms with van der Waals surface area (Å²) in [7, 11) is 0. The van der Waals surface area contributed by atoms with Crippen LogP contribution in [0, 0.1) is 0 Å². The smallest absolute Gasteiger partial charge is 0.335 e. The van der Waals surface area contributed by atoms with E-state index >= 15 is 0 Å². The maximum atomic E-state index is 10.3. The maximum absolute atomic E-state index is 10.3. The third kappa shape index (κ3) is 1.60. The van der Waals surface area contributed by atoms with Crippen LogP contribution in [0.25, 0.3) is 0 Å². The van der Waals surface area contributed by atoms with E-state index in [-0.39, 0.29) is 11.1 Å². The van der Waals surface area contributed by atoms with Gasteiger partial charge in [-0.05, 0) is 24.3 Å². The molecule has 0 fully saturated rings. The van der Waals surface area contributed by atoms with E-state index in [1.54, 1.807) is 0 Å². The lowest BCUT2D eigenvalue weighted by molar-refractivity contribution is 0.0681. The molecule has 0 radical (unpaired) electrons. The van der Waals surface area contributed by atoms with Crippen molar-refractivity contribution in [1.29, 1.82) is 0 Å². The van der Waals surface area contributed by atoms with Gasteiger partial charge in [-0.2, -0.15) is 0 Å². The summed E-state index contributed by atoms with van der Waals surface area (Å²) in [6, 6.07) is 5.02. The van der Waals surface area contributed by atoms with E-state index in [2.05, 4.69) is 0 Å². The summed E-state index contributed by atoms with van der Waals surface area (Å²) in [5, 5.41) is 16.9. The lowest BCUT2D eigenvalue weighted by Crippen LogP contribution is -1.99. The molecule has 2 N–H and O–H groups in total. The summed E-state index contributed by atoms with van der Waals surface area (Å²) in [6.45, 7) is 0. The highest BCUT2D eigenvalue weighted by molar-refractivity contribution is 5.91. The molecule has 0 saturated heterocycles. The molecule has 4 heteroatoms. The molecule has 0 atom stereocenters. The normalized spacial score (nSPS) is 9.33. The number of aromatic carboxylic acids is 2. The molecule has 0 aromatic heterocycles. The molecule has 12 heavy (non-hydrogen) atoms. The minimum atomic E-state index is -1.06. The van der Waals surface area contributed by atoms with E-state index in [1.807, 2.05) is 0 Å². The summed E-state index contributed by atoms with van der Waals surface area (Å²) in [5.74, 6) is -2.13. The minimum absolute atomic E-state index is 0.0833. The Hall–Kier alpha value is -1.84. The summed E-state index contributed by atoms with van der Waals surface area (Å²) in [5.41, 5.74) is 0.167. The van der Waals surface area contributed by atoms with Gasteiger partial charge in [0, 0.05) is 0 Å². The first-order valence-corrected chi connectivity index (χ1v) is 3.18. The Morgan fingerprint density at radius 3 is 1.25 bits per heavy atom. The molecule has 1 aromatic carbocycles. The molecular weight excluding hydrogens is 168 g/mol. The minimum Gasteiger partial charge on any atom is -0.478 e. The van der Waals surface area contributed by atoms with Gasteiger partial charge in [0.05, 0.1) is 11.1 Å². The van der Waals surface area contributed by atoms with Crippen LogP contribution in [-0.4, -0.2) is 22.2 Å². The van der Waals surface area contributed by atoms with Crippen molar-refractivity contribution < 1.29 is 19.8 Å². The van der Waals surface area contributed by atoms with Crippen LogP contribution in [0.3, 0.4) is 0 Å². The van der Waals surface area contributed by atoms with Crippen molar-refractivity contribution in [3.63, 3.8) is 0 Å². The van der Waals surface area contributed by atoms with Crippen molar-refractivity contribution in [2.45, 2.75) is 0 Å². The molecule has 1 rings (SSSR count). The van der Waals surface area contributed by atoms with Crippen LogP contribution in [0.2, 0.25) is 0 Å². The van der Waals surface area contributed by atoms with Gasteiger partial charge in [-0.15, -0.1) is 0 Å². The van der Waals surface area contributed by atoms with Gasteiger partial charge in [0.25, 0.3) is 0 Å². The van der Waals surface area contributed by atoms with E-state index in [0.717, 1.165) is 0 Å². The highest BCUT2D eigenvalue weighted by atomic mass is 16.5. The average molecular weight is 174 g/mol. The number of carboxylic acid groups (broad SMARTS) is 2. The summed E-state index contributed by atoms with van der Waals surface area (Å²) in [4.78, 5) is 20.7. The fraction of sp³-hybridized carbons (Fsp3) is 0. The Bertz CT molecular complexity index is 279. The molecule has 62 valence electrons. The van der Waals surface area contributed by atoms with Gasteiger partial charge in [0.2, 0.25) is 0 Å². The van der Waals surface area contributed by atoms with E-state index in [0.29, 0.717) is 0 Å². The molecule has 0 bridgehead atoms. The van der Waals surface area contributed by atoms with Gasteiger partial charge in [0.1, 0.15) is 0 Å². The monoisotopic (exact) mass is 174 g/mol. The quantitative estimate of drug-likeness (QED) is 0.658. The molecule has 0 aliphatic rings.